The molecule has 0 unspecified atom stereocenters. The summed E-state index contributed by atoms with van der Waals surface area (Å²) in [6, 6.07) is 8.11. The number of aryl methyl sites for hydroxylation is 1. The molecule has 0 heterocycles. The Balaban J connectivity index is 2.49. The Labute approximate surface area is 90.6 Å². The van der Waals surface area contributed by atoms with Crippen LogP contribution >= 0.6 is 0 Å². The molecule has 0 amide bonds. The van der Waals surface area contributed by atoms with Crippen LogP contribution in [0.3, 0.4) is 0 Å². The second-order valence-corrected chi connectivity index (χ2v) is 3.38. The molecule has 0 bridgehead atoms. The largest absolute Gasteiger partial charge is 0.458 e. The Morgan fingerprint density at radius 3 is 2.47 bits per heavy atom. The first-order chi connectivity index (χ1) is 7.26. The Morgan fingerprint density at radius 1 is 1.33 bits per heavy atom. The quantitative estimate of drug-likeness (QED) is 0.544. The highest BCUT2D eigenvalue weighted by Gasteiger charge is 1.98. The van der Waals surface area contributed by atoms with E-state index >= 15 is 0 Å². The van der Waals surface area contributed by atoms with Crippen molar-refractivity contribution >= 4 is 5.97 Å². The molecule has 1 aromatic carbocycles. The highest BCUT2D eigenvalue weighted by atomic mass is 16.5. The number of benzene rings is 1. The van der Waals surface area contributed by atoms with E-state index in [-0.39, 0.29) is 5.97 Å². The van der Waals surface area contributed by atoms with Gasteiger partial charge in [0, 0.05) is 6.08 Å². The molecule has 0 spiro atoms. The molecule has 2 heteroatoms. The minimum absolute atomic E-state index is 0.317. The van der Waals surface area contributed by atoms with Crippen molar-refractivity contribution in [1.82, 2.24) is 0 Å². The smallest absolute Gasteiger partial charge is 0.330 e. The van der Waals surface area contributed by atoms with Crippen LogP contribution in [0.5, 0.6) is 0 Å². The van der Waals surface area contributed by atoms with Crippen LogP contribution in [0, 0.1) is 0 Å². The highest BCUT2D eigenvalue weighted by molar-refractivity contribution is 5.81. The molecule has 0 saturated carbocycles. The molecule has 15 heavy (non-hydrogen) atoms. The lowest BCUT2D eigenvalue weighted by molar-refractivity contribution is -0.138. The van der Waals surface area contributed by atoms with E-state index in [0.717, 1.165) is 18.4 Å². The van der Waals surface area contributed by atoms with Gasteiger partial charge in [-0.25, -0.2) is 4.79 Å². The Bertz CT molecular complexity index is 325. The third-order valence-electron chi connectivity index (χ3n) is 2.11. The summed E-state index contributed by atoms with van der Waals surface area (Å²) < 4.78 is 4.92. The van der Waals surface area contributed by atoms with Crippen LogP contribution in [0.15, 0.2) is 36.9 Å². The molecule has 80 valence electrons. The van der Waals surface area contributed by atoms with E-state index in [4.69, 9.17) is 4.74 Å². The van der Waals surface area contributed by atoms with Gasteiger partial charge in [-0.05, 0) is 17.5 Å². The van der Waals surface area contributed by atoms with Crippen LogP contribution in [0.4, 0.5) is 0 Å². The lowest BCUT2D eigenvalue weighted by Crippen LogP contribution is -2.00. The van der Waals surface area contributed by atoms with Crippen LogP contribution in [-0.4, -0.2) is 5.97 Å². The molecular weight excluding hydrogens is 188 g/mol. The number of carbonyl (C=O) groups excluding carboxylic acids is 1. The van der Waals surface area contributed by atoms with Gasteiger partial charge in [-0.15, -0.1) is 0 Å². The molecule has 1 rings (SSSR count). The predicted molar refractivity (Wildman–Crippen MR) is 60.4 cm³/mol. The summed E-state index contributed by atoms with van der Waals surface area (Å²) in [4.78, 5) is 10.8. The predicted octanol–water partition coefficient (Wildman–Crippen LogP) is 2.87. The zero-order valence-electron chi connectivity index (χ0n) is 9.03. The van der Waals surface area contributed by atoms with Crippen molar-refractivity contribution in [2.24, 2.45) is 0 Å². The van der Waals surface area contributed by atoms with Crippen molar-refractivity contribution in [3.05, 3.63) is 48.0 Å². The summed E-state index contributed by atoms with van der Waals surface area (Å²) >= 11 is 0. The summed E-state index contributed by atoms with van der Waals surface area (Å²) in [6.45, 7) is 5.81. The molecule has 0 fully saturated rings. The molecule has 0 atom stereocenters. The zero-order chi connectivity index (χ0) is 11.1. The number of esters is 1. The highest BCUT2D eigenvalue weighted by Crippen LogP contribution is 2.07. The Kier molecular flexibility index (Phi) is 4.61. The molecule has 0 aliphatic carbocycles. The second kappa shape index (κ2) is 6.02. The number of rotatable bonds is 5. The summed E-state index contributed by atoms with van der Waals surface area (Å²) in [5.41, 5.74) is 2.32. The number of ether oxygens (including phenoxy) is 1. The van der Waals surface area contributed by atoms with E-state index in [1.54, 1.807) is 0 Å². The van der Waals surface area contributed by atoms with E-state index in [1.165, 1.54) is 11.6 Å². The summed E-state index contributed by atoms with van der Waals surface area (Å²) in [7, 11) is 0. The van der Waals surface area contributed by atoms with Crippen LogP contribution in [0.1, 0.15) is 24.5 Å². The van der Waals surface area contributed by atoms with Gasteiger partial charge in [0.2, 0.25) is 0 Å². The average Bonchev–Trinajstić information content (AvgIpc) is 2.28. The van der Waals surface area contributed by atoms with Gasteiger partial charge in [-0.2, -0.15) is 0 Å². The number of hydrogen-bond donors (Lipinski definition) is 0. The Morgan fingerprint density at radius 2 is 1.93 bits per heavy atom. The lowest BCUT2D eigenvalue weighted by atomic mass is 10.1. The fourth-order valence-electron chi connectivity index (χ4n) is 1.30. The van der Waals surface area contributed by atoms with Crippen molar-refractivity contribution in [3.63, 3.8) is 0 Å². The maximum atomic E-state index is 10.8. The van der Waals surface area contributed by atoms with Gasteiger partial charge >= 0.3 is 5.97 Å². The minimum Gasteiger partial charge on any atom is -0.458 e. The summed E-state index contributed by atoms with van der Waals surface area (Å²) in [6.07, 6.45) is 3.41. The molecule has 1 aromatic rings. The van der Waals surface area contributed by atoms with Crippen LogP contribution < -0.4 is 0 Å². The van der Waals surface area contributed by atoms with Crippen molar-refractivity contribution in [1.29, 1.82) is 0 Å². The molecule has 0 N–H and O–H groups in total. The second-order valence-electron chi connectivity index (χ2n) is 3.38. The van der Waals surface area contributed by atoms with Gasteiger partial charge in [-0.3, -0.25) is 0 Å². The number of hydrogen-bond acceptors (Lipinski definition) is 2. The van der Waals surface area contributed by atoms with Crippen LogP contribution in [0.2, 0.25) is 0 Å². The van der Waals surface area contributed by atoms with Gasteiger partial charge in [0.25, 0.3) is 0 Å². The van der Waals surface area contributed by atoms with Crippen molar-refractivity contribution < 1.29 is 9.53 Å². The third-order valence-corrected chi connectivity index (χ3v) is 2.11. The van der Waals surface area contributed by atoms with Gasteiger partial charge < -0.3 is 4.74 Å². The molecule has 0 aromatic heterocycles. The normalized spacial score (nSPS) is 9.67. The van der Waals surface area contributed by atoms with E-state index in [2.05, 4.69) is 25.6 Å². The molecule has 0 saturated heterocycles. The van der Waals surface area contributed by atoms with Gasteiger partial charge in [-0.1, -0.05) is 44.2 Å². The number of carbonyl (C=O) groups is 1. The van der Waals surface area contributed by atoms with Crippen molar-refractivity contribution in [2.45, 2.75) is 26.4 Å². The zero-order valence-corrected chi connectivity index (χ0v) is 9.03. The standard InChI is InChI=1S/C13H16O2/c1-3-5-11-6-8-12(9-7-11)10-15-13(14)4-2/h4,6-9H,2-3,5,10H2,1H3. The van der Waals surface area contributed by atoms with Crippen molar-refractivity contribution in [3.8, 4) is 0 Å². The minimum atomic E-state index is -0.382. The Hall–Kier alpha value is -1.57. The molecule has 0 aliphatic heterocycles. The van der Waals surface area contributed by atoms with E-state index in [1.807, 2.05) is 12.1 Å². The fraction of sp³-hybridized carbons (Fsp3) is 0.308. The van der Waals surface area contributed by atoms with Gasteiger partial charge in [0.1, 0.15) is 6.61 Å². The first-order valence-corrected chi connectivity index (χ1v) is 5.13. The maximum absolute atomic E-state index is 10.8. The van der Waals surface area contributed by atoms with Crippen molar-refractivity contribution in [2.75, 3.05) is 0 Å². The van der Waals surface area contributed by atoms with E-state index < -0.39 is 0 Å². The molecule has 0 radical (unpaired) electrons. The van der Waals surface area contributed by atoms with E-state index in [9.17, 15) is 4.79 Å². The summed E-state index contributed by atoms with van der Waals surface area (Å²) in [5.74, 6) is -0.382. The third kappa shape index (κ3) is 3.98. The van der Waals surface area contributed by atoms with Gasteiger partial charge in [0.15, 0.2) is 0 Å². The molecule has 2 nitrogen and oxygen atoms in total. The first-order valence-electron chi connectivity index (χ1n) is 5.13. The lowest BCUT2D eigenvalue weighted by Gasteiger charge is -2.03. The first kappa shape index (κ1) is 11.5. The molecule has 0 aliphatic rings. The average molecular weight is 204 g/mol. The van der Waals surface area contributed by atoms with Gasteiger partial charge in [0.05, 0.1) is 0 Å². The SMILES string of the molecule is C=CC(=O)OCc1ccc(CCC)cc1. The fourth-order valence-corrected chi connectivity index (χ4v) is 1.30. The topological polar surface area (TPSA) is 26.3 Å². The van der Waals surface area contributed by atoms with Crippen LogP contribution in [0.25, 0.3) is 0 Å². The summed E-state index contributed by atoms with van der Waals surface area (Å²) in [5, 5.41) is 0. The van der Waals surface area contributed by atoms with E-state index in [0.29, 0.717) is 6.61 Å². The molecular formula is C13H16O2. The van der Waals surface area contributed by atoms with Crippen LogP contribution in [-0.2, 0) is 22.6 Å². The monoisotopic (exact) mass is 204 g/mol. The maximum Gasteiger partial charge on any atom is 0.330 e.